The highest BCUT2D eigenvalue weighted by molar-refractivity contribution is 5.21. The average molecular weight is 207 g/mol. The van der Waals surface area contributed by atoms with Gasteiger partial charge in [0.15, 0.2) is 0 Å². The van der Waals surface area contributed by atoms with Crippen molar-refractivity contribution in [2.75, 3.05) is 0 Å². The van der Waals surface area contributed by atoms with Crippen molar-refractivity contribution in [3.63, 3.8) is 0 Å². The van der Waals surface area contributed by atoms with Crippen LogP contribution in [0.5, 0.6) is 0 Å². The molecule has 0 spiro atoms. The molecule has 1 fully saturated rings. The topological polar surface area (TPSA) is 29.9 Å². The highest BCUT2D eigenvalue weighted by Gasteiger charge is 2.46. The van der Waals surface area contributed by atoms with Crippen LogP contribution in [0.3, 0.4) is 0 Å². The van der Waals surface area contributed by atoms with Gasteiger partial charge in [-0.05, 0) is 40.5 Å². The van der Waals surface area contributed by atoms with E-state index in [1.165, 1.54) is 18.5 Å². The number of imidazole rings is 1. The second-order valence-corrected chi connectivity index (χ2v) is 5.18. The molecule has 1 aliphatic carbocycles. The van der Waals surface area contributed by atoms with Crippen molar-refractivity contribution < 1.29 is 0 Å². The van der Waals surface area contributed by atoms with Gasteiger partial charge in [0.1, 0.15) is 0 Å². The van der Waals surface area contributed by atoms with Crippen molar-refractivity contribution in [2.24, 2.45) is 0 Å². The third-order valence-corrected chi connectivity index (χ3v) is 3.00. The van der Waals surface area contributed by atoms with Gasteiger partial charge in [0.25, 0.3) is 0 Å². The maximum Gasteiger partial charge on any atom is 0.0952 e. The first kappa shape index (κ1) is 10.7. The molecule has 1 heterocycles. The van der Waals surface area contributed by atoms with Crippen molar-refractivity contribution in [2.45, 2.75) is 58.2 Å². The lowest BCUT2D eigenvalue weighted by atomic mass is 10.1. The monoisotopic (exact) mass is 207 g/mol. The number of rotatable bonds is 4. The second kappa shape index (κ2) is 3.63. The molecule has 0 unspecified atom stereocenters. The molecule has 0 atom stereocenters. The molecule has 15 heavy (non-hydrogen) atoms. The molecule has 1 saturated carbocycles. The smallest absolute Gasteiger partial charge is 0.0952 e. The molecule has 3 nitrogen and oxygen atoms in total. The third-order valence-electron chi connectivity index (χ3n) is 3.00. The fourth-order valence-electron chi connectivity index (χ4n) is 2.02. The summed E-state index contributed by atoms with van der Waals surface area (Å²) in [5.41, 5.74) is 1.40. The highest BCUT2D eigenvalue weighted by atomic mass is 15.1. The lowest BCUT2D eigenvalue weighted by Crippen LogP contribution is -2.34. The van der Waals surface area contributed by atoms with Gasteiger partial charge in [-0.1, -0.05) is 0 Å². The predicted molar refractivity (Wildman–Crippen MR) is 61.8 cm³/mol. The Bertz CT molecular complexity index is 334. The zero-order valence-electron chi connectivity index (χ0n) is 10.1. The minimum Gasteiger partial charge on any atom is -0.335 e. The molecule has 1 aromatic rings. The predicted octanol–water partition coefficient (Wildman–Crippen LogP) is 2.45. The Morgan fingerprint density at radius 2 is 2.00 bits per heavy atom. The SMILES string of the molecule is CC(C)NC1(c2cn(C(C)C)cn2)CC1. The number of nitrogens with one attached hydrogen (secondary N) is 1. The molecule has 1 aromatic heterocycles. The first-order chi connectivity index (χ1) is 7.03. The fraction of sp³-hybridized carbons (Fsp3) is 0.750. The van der Waals surface area contributed by atoms with Crippen LogP contribution in [-0.2, 0) is 5.54 Å². The van der Waals surface area contributed by atoms with E-state index in [2.05, 4.69) is 48.8 Å². The number of hydrogen-bond donors (Lipinski definition) is 1. The molecule has 0 amide bonds. The van der Waals surface area contributed by atoms with Gasteiger partial charge >= 0.3 is 0 Å². The van der Waals surface area contributed by atoms with Crippen LogP contribution >= 0.6 is 0 Å². The summed E-state index contributed by atoms with van der Waals surface area (Å²) in [6.07, 6.45) is 6.58. The summed E-state index contributed by atoms with van der Waals surface area (Å²) < 4.78 is 2.18. The summed E-state index contributed by atoms with van der Waals surface area (Å²) in [6.45, 7) is 8.75. The van der Waals surface area contributed by atoms with Crippen molar-refractivity contribution in [1.82, 2.24) is 14.9 Å². The second-order valence-electron chi connectivity index (χ2n) is 5.18. The molecular formula is C12H21N3. The van der Waals surface area contributed by atoms with Gasteiger partial charge < -0.3 is 9.88 Å². The fourth-order valence-corrected chi connectivity index (χ4v) is 2.02. The lowest BCUT2D eigenvalue weighted by Gasteiger charge is -2.18. The summed E-state index contributed by atoms with van der Waals surface area (Å²) >= 11 is 0. The Morgan fingerprint density at radius 3 is 2.40 bits per heavy atom. The Labute approximate surface area is 91.9 Å². The van der Waals surface area contributed by atoms with Gasteiger partial charge in [-0.25, -0.2) is 4.98 Å². The number of hydrogen-bond acceptors (Lipinski definition) is 2. The van der Waals surface area contributed by atoms with Crippen LogP contribution in [-0.4, -0.2) is 15.6 Å². The van der Waals surface area contributed by atoms with Crippen LogP contribution in [0.4, 0.5) is 0 Å². The van der Waals surface area contributed by atoms with Crippen molar-refractivity contribution in [1.29, 1.82) is 0 Å². The van der Waals surface area contributed by atoms with Gasteiger partial charge in [0, 0.05) is 18.3 Å². The summed E-state index contributed by atoms with van der Waals surface area (Å²) in [5, 5.41) is 3.62. The van der Waals surface area contributed by atoms with Crippen molar-refractivity contribution >= 4 is 0 Å². The molecule has 0 aliphatic heterocycles. The molecule has 1 aliphatic rings. The molecule has 0 bridgehead atoms. The maximum atomic E-state index is 4.53. The molecule has 0 aromatic carbocycles. The first-order valence-corrected chi connectivity index (χ1v) is 5.85. The molecule has 0 saturated heterocycles. The zero-order valence-corrected chi connectivity index (χ0v) is 10.1. The van der Waals surface area contributed by atoms with Gasteiger partial charge in [-0.2, -0.15) is 0 Å². The van der Waals surface area contributed by atoms with Crippen molar-refractivity contribution in [3.05, 3.63) is 18.2 Å². The molecule has 2 rings (SSSR count). The summed E-state index contributed by atoms with van der Waals surface area (Å²) in [5.74, 6) is 0. The van der Waals surface area contributed by atoms with Gasteiger partial charge in [0.05, 0.1) is 17.6 Å². The molecule has 1 N–H and O–H groups in total. The van der Waals surface area contributed by atoms with Crippen LogP contribution in [0.25, 0.3) is 0 Å². The van der Waals surface area contributed by atoms with Gasteiger partial charge in [0.2, 0.25) is 0 Å². The van der Waals surface area contributed by atoms with E-state index in [0.717, 1.165) is 0 Å². The highest BCUT2D eigenvalue weighted by Crippen LogP contribution is 2.45. The minimum absolute atomic E-state index is 0.189. The summed E-state index contributed by atoms with van der Waals surface area (Å²) in [7, 11) is 0. The van der Waals surface area contributed by atoms with E-state index in [1.54, 1.807) is 0 Å². The first-order valence-electron chi connectivity index (χ1n) is 5.85. The number of nitrogens with zero attached hydrogens (tertiary/aromatic N) is 2. The largest absolute Gasteiger partial charge is 0.335 e. The molecule has 84 valence electrons. The van der Waals surface area contributed by atoms with E-state index >= 15 is 0 Å². The Balaban J connectivity index is 2.15. The van der Waals surface area contributed by atoms with Gasteiger partial charge in [-0.15, -0.1) is 0 Å². The minimum atomic E-state index is 0.189. The van der Waals surface area contributed by atoms with Crippen LogP contribution in [0.1, 0.15) is 52.3 Å². The van der Waals surface area contributed by atoms with E-state index in [0.29, 0.717) is 12.1 Å². The summed E-state index contributed by atoms with van der Waals surface area (Å²) in [4.78, 5) is 4.53. The standard InChI is InChI=1S/C12H21N3/c1-9(2)14-12(5-6-12)11-7-15(8-13-11)10(3)4/h7-10,14H,5-6H2,1-4H3. The Morgan fingerprint density at radius 1 is 1.33 bits per heavy atom. The summed E-state index contributed by atoms with van der Waals surface area (Å²) in [6, 6.07) is 1.03. The molecular weight excluding hydrogens is 186 g/mol. The number of aromatic nitrogens is 2. The van der Waals surface area contributed by atoms with Gasteiger partial charge in [-0.3, -0.25) is 0 Å². The van der Waals surface area contributed by atoms with Crippen LogP contribution in [0, 0.1) is 0 Å². The van der Waals surface area contributed by atoms with E-state index in [1.807, 2.05) is 6.33 Å². The quantitative estimate of drug-likeness (QED) is 0.822. The molecule has 0 radical (unpaired) electrons. The van der Waals surface area contributed by atoms with Crippen molar-refractivity contribution in [3.8, 4) is 0 Å². The zero-order chi connectivity index (χ0) is 11.1. The normalized spacial score (nSPS) is 18.8. The Kier molecular flexibility index (Phi) is 2.59. The van der Waals surface area contributed by atoms with E-state index in [4.69, 9.17) is 0 Å². The average Bonchev–Trinajstić information content (AvgIpc) is 2.75. The van der Waals surface area contributed by atoms with Crippen LogP contribution < -0.4 is 5.32 Å². The van der Waals surface area contributed by atoms with E-state index < -0.39 is 0 Å². The van der Waals surface area contributed by atoms with E-state index in [-0.39, 0.29) is 5.54 Å². The maximum absolute atomic E-state index is 4.53. The van der Waals surface area contributed by atoms with E-state index in [9.17, 15) is 0 Å². The Hall–Kier alpha value is -0.830. The lowest BCUT2D eigenvalue weighted by molar-refractivity contribution is 0.452. The molecule has 3 heteroatoms. The van der Waals surface area contributed by atoms with Crippen LogP contribution in [0.15, 0.2) is 12.5 Å². The third kappa shape index (κ3) is 2.07. The van der Waals surface area contributed by atoms with Crippen LogP contribution in [0.2, 0.25) is 0 Å².